The van der Waals surface area contributed by atoms with Crippen LogP contribution in [0.5, 0.6) is 0 Å². The van der Waals surface area contributed by atoms with Crippen LogP contribution < -0.4 is 4.90 Å². The Hall–Kier alpha value is -1.04. The molecular weight excluding hydrogens is 323 g/mol. The van der Waals surface area contributed by atoms with Crippen LogP contribution in [0.2, 0.25) is 0 Å². The molecule has 0 spiro atoms. The van der Waals surface area contributed by atoms with E-state index in [1.165, 1.54) is 17.9 Å². The molecule has 1 atom stereocenters. The molecule has 1 aliphatic heterocycles. The fraction of sp³-hybridized carbons (Fsp3) is 0.462. The van der Waals surface area contributed by atoms with Gasteiger partial charge in [0.05, 0.1) is 5.56 Å². The molecular formula is C13H13BrF3NO. The molecule has 0 aromatic heterocycles. The summed E-state index contributed by atoms with van der Waals surface area (Å²) in [5.41, 5.74) is -0.207. The summed E-state index contributed by atoms with van der Waals surface area (Å²) >= 11 is 3.31. The average molecular weight is 336 g/mol. The second-order valence-corrected chi connectivity index (χ2v) is 5.32. The van der Waals surface area contributed by atoms with E-state index in [0.717, 1.165) is 6.07 Å². The van der Waals surface area contributed by atoms with Crippen LogP contribution in [0, 0.1) is 12.8 Å². The van der Waals surface area contributed by atoms with Crippen LogP contribution in [-0.4, -0.2) is 17.8 Å². The monoisotopic (exact) mass is 335 g/mol. The van der Waals surface area contributed by atoms with Crippen molar-refractivity contribution in [2.24, 2.45) is 5.92 Å². The summed E-state index contributed by atoms with van der Waals surface area (Å²) in [4.78, 5) is 13.3. The van der Waals surface area contributed by atoms with Crippen molar-refractivity contribution >= 4 is 27.5 Å². The summed E-state index contributed by atoms with van der Waals surface area (Å²) in [5, 5.41) is 0.674. The molecule has 0 saturated carbocycles. The highest BCUT2D eigenvalue weighted by Gasteiger charge is 2.36. The van der Waals surface area contributed by atoms with E-state index in [1.54, 1.807) is 6.07 Å². The van der Waals surface area contributed by atoms with Crippen LogP contribution in [0.1, 0.15) is 17.5 Å². The number of halogens is 4. The highest BCUT2D eigenvalue weighted by atomic mass is 79.9. The second-order valence-electron chi connectivity index (χ2n) is 4.68. The maximum Gasteiger partial charge on any atom is 0.416 e. The lowest BCUT2D eigenvalue weighted by atomic mass is 10.1. The van der Waals surface area contributed by atoms with Gasteiger partial charge < -0.3 is 4.90 Å². The molecule has 1 aromatic rings. The standard InChI is InChI=1S/C13H13BrF3NO/c1-8-10(13(15,16)17)3-2-4-11(8)18-7-9(6-14)5-12(18)19/h2-4,9H,5-7H2,1H3. The van der Waals surface area contributed by atoms with Crippen LogP contribution >= 0.6 is 15.9 Å². The first-order valence-electron chi connectivity index (χ1n) is 5.87. The van der Waals surface area contributed by atoms with Crippen LogP contribution in [-0.2, 0) is 11.0 Å². The Labute approximate surface area is 117 Å². The van der Waals surface area contributed by atoms with E-state index in [4.69, 9.17) is 0 Å². The van der Waals surface area contributed by atoms with E-state index >= 15 is 0 Å². The van der Waals surface area contributed by atoms with E-state index in [1.807, 2.05) is 0 Å². The Bertz CT molecular complexity index is 501. The third-order valence-electron chi connectivity index (χ3n) is 3.32. The van der Waals surface area contributed by atoms with Crippen molar-refractivity contribution < 1.29 is 18.0 Å². The molecule has 0 aliphatic carbocycles. The van der Waals surface area contributed by atoms with E-state index in [2.05, 4.69) is 15.9 Å². The van der Waals surface area contributed by atoms with Gasteiger partial charge in [0.25, 0.3) is 0 Å². The molecule has 1 saturated heterocycles. The number of hydrogen-bond donors (Lipinski definition) is 0. The zero-order valence-electron chi connectivity index (χ0n) is 10.3. The molecule has 0 N–H and O–H groups in total. The lowest BCUT2D eigenvalue weighted by Crippen LogP contribution is -2.26. The summed E-state index contributed by atoms with van der Waals surface area (Å²) in [6.45, 7) is 1.87. The third-order valence-corrected chi connectivity index (χ3v) is 4.24. The van der Waals surface area contributed by atoms with Crippen LogP contribution in [0.15, 0.2) is 18.2 Å². The Morgan fingerprint density at radius 2 is 2.11 bits per heavy atom. The number of rotatable bonds is 2. The van der Waals surface area contributed by atoms with Crippen molar-refractivity contribution in [3.05, 3.63) is 29.3 Å². The Balaban J connectivity index is 2.39. The minimum Gasteiger partial charge on any atom is -0.312 e. The van der Waals surface area contributed by atoms with Crippen LogP contribution in [0.4, 0.5) is 18.9 Å². The van der Waals surface area contributed by atoms with Gasteiger partial charge in [-0.15, -0.1) is 0 Å². The minimum atomic E-state index is -4.39. The molecule has 1 heterocycles. The van der Waals surface area contributed by atoms with Gasteiger partial charge in [-0.05, 0) is 30.5 Å². The normalized spacial score (nSPS) is 20.2. The van der Waals surface area contributed by atoms with Gasteiger partial charge in [-0.3, -0.25) is 4.79 Å². The molecule has 2 rings (SSSR count). The first-order valence-corrected chi connectivity index (χ1v) is 7.00. The molecule has 2 nitrogen and oxygen atoms in total. The lowest BCUT2D eigenvalue weighted by molar-refractivity contribution is -0.138. The number of carbonyl (C=O) groups excluding carboxylic acids is 1. The number of anilines is 1. The van der Waals surface area contributed by atoms with Gasteiger partial charge in [-0.1, -0.05) is 22.0 Å². The van der Waals surface area contributed by atoms with Gasteiger partial charge in [-0.25, -0.2) is 0 Å². The largest absolute Gasteiger partial charge is 0.416 e. The fourth-order valence-electron chi connectivity index (χ4n) is 2.34. The van der Waals surface area contributed by atoms with Gasteiger partial charge in [0.1, 0.15) is 0 Å². The van der Waals surface area contributed by atoms with Gasteiger partial charge in [0.2, 0.25) is 5.91 Å². The first kappa shape index (κ1) is 14.4. The smallest absolute Gasteiger partial charge is 0.312 e. The highest BCUT2D eigenvalue weighted by Crippen LogP contribution is 2.37. The second kappa shape index (κ2) is 5.15. The van der Waals surface area contributed by atoms with E-state index in [9.17, 15) is 18.0 Å². The van der Waals surface area contributed by atoms with Crippen LogP contribution in [0.3, 0.4) is 0 Å². The Morgan fingerprint density at radius 1 is 1.42 bits per heavy atom. The molecule has 1 amide bonds. The van der Waals surface area contributed by atoms with Gasteiger partial charge in [0.15, 0.2) is 0 Å². The van der Waals surface area contributed by atoms with Crippen molar-refractivity contribution in [2.75, 3.05) is 16.8 Å². The quantitative estimate of drug-likeness (QED) is 0.753. The van der Waals surface area contributed by atoms with Crippen molar-refractivity contribution in [3.63, 3.8) is 0 Å². The molecule has 0 radical (unpaired) electrons. The molecule has 6 heteroatoms. The SMILES string of the molecule is Cc1c(N2CC(CBr)CC2=O)cccc1C(F)(F)F. The predicted molar refractivity (Wildman–Crippen MR) is 70.4 cm³/mol. The molecule has 1 unspecified atom stereocenters. The predicted octanol–water partition coefficient (Wildman–Crippen LogP) is 3.76. The molecule has 1 aromatic carbocycles. The topological polar surface area (TPSA) is 20.3 Å². The molecule has 19 heavy (non-hydrogen) atoms. The van der Waals surface area contributed by atoms with Crippen molar-refractivity contribution in [1.82, 2.24) is 0 Å². The number of amides is 1. The minimum absolute atomic E-state index is 0.110. The van der Waals surface area contributed by atoms with E-state index in [0.29, 0.717) is 24.0 Å². The Kier molecular flexibility index (Phi) is 3.90. The number of benzene rings is 1. The third kappa shape index (κ3) is 2.78. The van der Waals surface area contributed by atoms with Gasteiger partial charge in [-0.2, -0.15) is 13.2 Å². The fourth-order valence-corrected chi connectivity index (χ4v) is 2.77. The van der Waals surface area contributed by atoms with Crippen molar-refractivity contribution in [1.29, 1.82) is 0 Å². The van der Waals surface area contributed by atoms with E-state index < -0.39 is 11.7 Å². The number of nitrogens with zero attached hydrogens (tertiary/aromatic N) is 1. The first-order chi connectivity index (χ1) is 8.84. The number of carbonyl (C=O) groups is 1. The number of hydrogen-bond acceptors (Lipinski definition) is 1. The lowest BCUT2D eigenvalue weighted by Gasteiger charge is -2.21. The Morgan fingerprint density at radius 3 is 2.63 bits per heavy atom. The number of alkyl halides is 4. The zero-order chi connectivity index (χ0) is 14.2. The molecule has 0 bridgehead atoms. The average Bonchev–Trinajstić information content (AvgIpc) is 2.69. The van der Waals surface area contributed by atoms with Crippen LogP contribution in [0.25, 0.3) is 0 Å². The summed E-state index contributed by atoms with van der Waals surface area (Å²) < 4.78 is 38.5. The zero-order valence-corrected chi connectivity index (χ0v) is 11.9. The van der Waals surface area contributed by atoms with E-state index in [-0.39, 0.29) is 17.4 Å². The maximum atomic E-state index is 12.8. The summed E-state index contributed by atoms with van der Waals surface area (Å²) in [6, 6.07) is 3.96. The van der Waals surface area contributed by atoms with Gasteiger partial charge >= 0.3 is 6.18 Å². The van der Waals surface area contributed by atoms with Gasteiger partial charge in [0, 0.05) is 24.0 Å². The van der Waals surface area contributed by atoms with Crippen molar-refractivity contribution in [2.45, 2.75) is 19.5 Å². The van der Waals surface area contributed by atoms with Crippen molar-refractivity contribution in [3.8, 4) is 0 Å². The molecule has 1 fully saturated rings. The highest BCUT2D eigenvalue weighted by molar-refractivity contribution is 9.09. The summed E-state index contributed by atoms with van der Waals surface area (Å²) in [6.07, 6.45) is -4.02. The summed E-state index contributed by atoms with van der Waals surface area (Å²) in [5.74, 6) is 0.0355. The molecule has 1 aliphatic rings. The molecule has 104 valence electrons. The summed E-state index contributed by atoms with van der Waals surface area (Å²) in [7, 11) is 0. The maximum absolute atomic E-state index is 12.8.